The van der Waals surface area contributed by atoms with Gasteiger partial charge in [-0.05, 0) is 0 Å². The van der Waals surface area contributed by atoms with Crippen LogP contribution in [0.25, 0.3) is 0 Å². The summed E-state index contributed by atoms with van der Waals surface area (Å²) in [5, 5.41) is 0. The normalized spacial score (nSPS) is 21.0. The molecule has 0 saturated heterocycles. The molecule has 0 aromatic heterocycles. The number of rotatable bonds is 9. The predicted molar refractivity (Wildman–Crippen MR) is 106 cm³/mol. The third kappa shape index (κ3) is 5.92. The molecule has 0 aromatic rings. The van der Waals surface area contributed by atoms with E-state index in [1.54, 1.807) is 11.1 Å². The van der Waals surface area contributed by atoms with Crippen LogP contribution < -0.4 is 0 Å². The monoisotopic (exact) mass is 420 g/mol. The average molecular weight is 420 g/mol. The van der Waals surface area contributed by atoms with Gasteiger partial charge in [0, 0.05) is 0 Å². The van der Waals surface area contributed by atoms with Crippen molar-refractivity contribution in [2.75, 3.05) is 26.2 Å². The molecule has 0 fully saturated rings. The summed E-state index contributed by atoms with van der Waals surface area (Å²) in [6.07, 6.45) is 10.9. The summed E-state index contributed by atoms with van der Waals surface area (Å²) in [6.45, 7) is 18.4. The van der Waals surface area contributed by atoms with Gasteiger partial charge in [-0.15, -0.1) is 0 Å². The molecule has 1 aliphatic carbocycles. The molecule has 1 unspecified atom stereocenters. The second-order valence-corrected chi connectivity index (χ2v) is 17.3. The second-order valence-electron chi connectivity index (χ2n) is 6.44. The van der Waals surface area contributed by atoms with Gasteiger partial charge in [-0.1, -0.05) is 0 Å². The van der Waals surface area contributed by atoms with Crippen molar-refractivity contribution >= 4 is 21.4 Å². The van der Waals surface area contributed by atoms with E-state index in [9.17, 15) is 0 Å². The van der Waals surface area contributed by atoms with Gasteiger partial charge in [0.05, 0.1) is 0 Å². The van der Waals surface area contributed by atoms with Crippen LogP contribution in [-0.2, 0) is 0 Å². The summed E-state index contributed by atoms with van der Waals surface area (Å²) in [6, 6.07) is 0. The molecular weight excluding hydrogens is 383 g/mol. The molecule has 1 rings (SSSR count). The first-order valence-electron chi connectivity index (χ1n) is 9.71. The number of allylic oxidation sites excluding steroid dienone is 4. The topological polar surface area (TPSA) is 6.48 Å². The van der Waals surface area contributed by atoms with Crippen molar-refractivity contribution in [2.24, 2.45) is 0 Å². The van der Waals surface area contributed by atoms with E-state index in [1.165, 1.54) is 8.35 Å². The van der Waals surface area contributed by atoms with E-state index < -0.39 is 21.4 Å². The first kappa shape index (κ1) is 20.7. The van der Waals surface area contributed by atoms with Crippen LogP contribution in [0.4, 0.5) is 0 Å². The molecule has 0 aliphatic heterocycles. The molecule has 0 bridgehead atoms. The Morgan fingerprint density at radius 2 is 1.43 bits per heavy atom. The Morgan fingerprint density at radius 3 is 1.91 bits per heavy atom. The standard InChI is InChI=1S/C16H27N2.2C2H5.In/c1-5-17(6-2)13-15-10-9-11-16(12-15)14-18(7-3)8-4;2*1-2;/h9-10,12-14H,5-8,11H2,1-4H3;2*1H2,2H3;/b15-13-,16-14+;;;. The molecule has 0 aromatic carbocycles. The molecule has 0 amide bonds. The molecule has 0 heterocycles. The van der Waals surface area contributed by atoms with Gasteiger partial charge in [-0.2, -0.15) is 0 Å². The van der Waals surface area contributed by atoms with Crippen molar-refractivity contribution in [1.29, 1.82) is 0 Å². The van der Waals surface area contributed by atoms with Gasteiger partial charge in [0.15, 0.2) is 0 Å². The summed E-state index contributed by atoms with van der Waals surface area (Å²) in [4.78, 5) is 4.94. The van der Waals surface area contributed by atoms with Crippen molar-refractivity contribution in [3.05, 3.63) is 35.7 Å². The zero-order valence-electron chi connectivity index (χ0n) is 16.3. The quantitative estimate of drug-likeness (QED) is 0.499. The van der Waals surface area contributed by atoms with Crippen LogP contribution in [0.3, 0.4) is 0 Å². The Hall–Kier alpha value is -0.310. The molecule has 1 atom stereocenters. The van der Waals surface area contributed by atoms with Crippen molar-refractivity contribution in [3.63, 3.8) is 0 Å². The molecule has 1 aliphatic rings. The van der Waals surface area contributed by atoms with E-state index in [0.717, 1.165) is 36.3 Å². The van der Waals surface area contributed by atoms with E-state index in [0.29, 0.717) is 0 Å². The Labute approximate surface area is 152 Å². The van der Waals surface area contributed by atoms with Gasteiger partial charge < -0.3 is 0 Å². The van der Waals surface area contributed by atoms with Crippen LogP contribution in [0.5, 0.6) is 0 Å². The minimum absolute atomic E-state index is 0.790. The number of hydrogen-bond donors (Lipinski definition) is 0. The van der Waals surface area contributed by atoms with Gasteiger partial charge in [-0.25, -0.2) is 0 Å². The van der Waals surface area contributed by atoms with Crippen molar-refractivity contribution in [3.8, 4) is 0 Å². The molecule has 0 N–H and O–H groups in total. The van der Waals surface area contributed by atoms with Crippen molar-refractivity contribution < 1.29 is 0 Å². The number of nitrogens with zero attached hydrogens (tertiary/aromatic N) is 2. The molecule has 23 heavy (non-hydrogen) atoms. The van der Waals surface area contributed by atoms with Crippen LogP contribution in [-0.4, -0.2) is 57.4 Å². The van der Waals surface area contributed by atoms with Crippen molar-refractivity contribution in [1.82, 2.24) is 9.80 Å². The molecule has 130 valence electrons. The Bertz CT molecular complexity index is 413. The molecule has 0 radical (unpaired) electrons. The van der Waals surface area contributed by atoms with Crippen LogP contribution in [0, 0.1) is 0 Å². The third-order valence-corrected chi connectivity index (χ3v) is 16.2. The second kappa shape index (κ2) is 11.3. The Balaban J connectivity index is 3.23. The van der Waals surface area contributed by atoms with E-state index in [4.69, 9.17) is 0 Å². The number of hydrogen-bond acceptors (Lipinski definition) is 2. The van der Waals surface area contributed by atoms with Gasteiger partial charge >= 0.3 is 153 Å². The van der Waals surface area contributed by atoms with Crippen LogP contribution in [0.1, 0.15) is 48.0 Å². The third-order valence-electron chi connectivity index (χ3n) is 5.25. The summed E-state index contributed by atoms with van der Waals surface area (Å²) < 4.78 is 3.71. The fourth-order valence-corrected chi connectivity index (χ4v) is 12.4. The SMILES string of the molecule is CCN(/C=C1/C=CC/C(=C\N(CC)CC)[CH]1[In]([CH2]C)[CH2]C)CC. The molecular formula is C20H37InN2. The zero-order chi connectivity index (χ0) is 17.2. The van der Waals surface area contributed by atoms with Crippen LogP contribution >= 0.6 is 0 Å². The van der Waals surface area contributed by atoms with E-state index in [2.05, 4.69) is 75.9 Å². The summed E-state index contributed by atoms with van der Waals surface area (Å²) in [5.74, 6) is 0. The minimum atomic E-state index is -1.58. The van der Waals surface area contributed by atoms with Crippen molar-refractivity contribution in [2.45, 2.75) is 60.0 Å². The Morgan fingerprint density at radius 1 is 0.913 bits per heavy atom. The molecule has 0 spiro atoms. The zero-order valence-corrected chi connectivity index (χ0v) is 19.6. The summed E-state index contributed by atoms with van der Waals surface area (Å²) in [7, 11) is 0. The van der Waals surface area contributed by atoms with Gasteiger partial charge in [0.1, 0.15) is 0 Å². The maximum absolute atomic E-state index is 2.50. The van der Waals surface area contributed by atoms with E-state index >= 15 is 0 Å². The summed E-state index contributed by atoms with van der Waals surface area (Å²) in [5.41, 5.74) is 3.29. The first-order valence-corrected chi connectivity index (χ1v) is 16.3. The van der Waals surface area contributed by atoms with E-state index in [1.807, 2.05) is 0 Å². The fraction of sp³-hybridized carbons (Fsp3) is 0.700. The van der Waals surface area contributed by atoms with Crippen LogP contribution in [0.15, 0.2) is 35.7 Å². The average Bonchev–Trinajstić information content (AvgIpc) is 2.59. The molecule has 2 nitrogen and oxygen atoms in total. The van der Waals surface area contributed by atoms with E-state index in [-0.39, 0.29) is 0 Å². The van der Waals surface area contributed by atoms with Gasteiger partial charge in [0.2, 0.25) is 0 Å². The summed E-state index contributed by atoms with van der Waals surface area (Å²) >= 11 is -1.58. The maximum atomic E-state index is 2.50. The Kier molecular flexibility index (Phi) is 10.2. The first-order chi connectivity index (χ1) is 11.1. The predicted octanol–water partition coefficient (Wildman–Crippen LogP) is 5.30. The fourth-order valence-electron chi connectivity index (χ4n) is 3.62. The van der Waals surface area contributed by atoms with Gasteiger partial charge in [-0.3, -0.25) is 0 Å². The van der Waals surface area contributed by atoms with Crippen LogP contribution in [0.2, 0.25) is 12.0 Å². The molecule has 3 heteroatoms. The molecule has 0 saturated carbocycles. The van der Waals surface area contributed by atoms with Gasteiger partial charge in [0.25, 0.3) is 0 Å².